The van der Waals surface area contributed by atoms with Crippen LogP contribution >= 0.6 is 15.9 Å². The van der Waals surface area contributed by atoms with Gasteiger partial charge in [-0.25, -0.2) is 10.2 Å². The lowest BCUT2D eigenvalue weighted by Gasteiger charge is -2.07. The molecule has 2 heterocycles. The van der Waals surface area contributed by atoms with E-state index >= 15 is 0 Å². The molecular formula is C17H19BrN6O3. The molecule has 0 aliphatic carbocycles. The van der Waals surface area contributed by atoms with Gasteiger partial charge in [-0.1, -0.05) is 22.9 Å². The summed E-state index contributed by atoms with van der Waals surface area (Å²) in [4.78, 5) is 29.1. The van der Waals surface area contributed by atoms with E-state index in [2.05, 4.69) is 31.4 Å². The second-order valence-electron chi connectivity index (χ2n) is 6.04. The molecule has 1 aromatic carbocycles. The maximum atomic E-state index is 12.6. The summed E-state index contributed by atoms with van der Waals surface area (Å²) in [5.41, 5.74) is 3.10. The Kier molecular flexibility index (Phi) is 5.17. The summed E-state index contributed by atoms with van der Waals surface area (Å²) >= 11 is 3.34. The Morgan fingerprint density at radius 1 is 1.30 bits per heavy atom. The molecule has 0 bridgehead atoms. The maximum Gasteiger partial charge on any atom is 0.332 e. The monoisotopic (exact) mass is 434 g/mol. The molecule has 3 rings (SSSR count). The molecule has 0 atom stereocenters. The van der Waals surface area contributed by atoms with Crippen molar-refractivity contribution in [2.45, 2.75) is 19.9 Å². The summed E-state index contributed by atoms with van der Waals surface area (Å²) in [7, 11) is 3.01. The normalized spacial score (nSPS) is 11.6. The Bertz CT molecular complexity index is 1160. The molecule has 3 aromatic rings. The largest absolute Gasteiger partial charge is 0.507 e. The zero-order chi connectivity index (χ0) is 19.7. The van der Waals surface area contributed by atoms with Crippen LogP contribution in [-0.2, 0) is 20.6 Å². The van der Waals surface area contributed by atoms with Gasteiger partial charge in [-0.3, -0.25) is 13.9 Å². The number of fused-ring (bicyclic) bond motifs is 1. The first kappa shape index (κ1) is 18.9. The third kappa shape index (κ3) is 3.39. The van der Waals surface area contributed by atoms with Crippen LogP contribution in [0.3, 0.4) is 0 Å². The van der Waals surface area contributed by atoms with Crippen LogP contribution in [0, 0.1) is 0 Å². The highest BCUT2D eigenvalue weighted by Crippen LogP contribution is 2.20. The van der Waals surface area contributed by atoms with Gasteiger partial charge in [0.2, 0.25) is 5.95 Å². The van der Waals surface area contributed by atoms with Crippen molar-refractivity contribution in [2.75, 3.05) is 5.43 Å². The average molecular weight is 435 g/mol. The molecule has 142 valence electrons. The number of benzene rings is 1. The fourth-order valence-corrected chi connectivity index (χ4v) is 3.14. The van der Waals surface area contributed by atoms with Gasteiger partial charge in [-0.05, 0) is 24.6 Å². The molecule has 0 saturated carbocycles. The number of phenols is 1. The SMILES string of the molecule is CCCn1c(N/N=C/c2cc(Br)ccc2O)nc2c1c(=O)n(C)c(=O)n2C. The van der Waals surface area contributed by atoms with Crippen molar-refractivity contribution in [3.63, 3.8) is 0 Å². The van der Waals surface area contributed by atoms with E-state index < -0.39 is 11.2 Å². The summed E-state index contributed by atoms with van der Waals surface area (Å²) < 4.78 is 4.90. The first-order valence-electron chi connectivity index (χ1n) is 8.29. The van der Waals surface area contributed by atoms with Crippen molar-refractivity contribution in [3.05, 3.63) is 49.1 Å². The van der Waals surface area contributed by atoms with Gasteiger partial charge in [-0.2, -0.15) is 10.1 Å². The Morgan fingerprint density at radius 2 is 2.04 bits per heavy atom. The number of imidazole rings is 1. The van der Waals surface area contributed by atoms with E-state index in [-0.39, 0.29) is 5.75 Å². The number of phenolic OH excluding ortho intramolecular Hbond substituents is 1. The van der Waals surface area contributed by atoms with Crippen LogP contribution < -0.4 is 16.7 Å². The minimum absolute atomic E-state index is 0.0853. The molecule has 0 spiro atoms. The predicted molar refractivity (Wildman–Crippen MR) is 108 cm³/mol. The van der Waals surface area contributed by atoms with Crippen LogP contribution in [0.4, 0.5) is 5.95 Å². The number of hydrogen-bond acceptors (Lipinski definition) is 6. The topological polar surface area (TPSA) is 106 Å². The number of rotatable bonds is 5. The zero-order valence-electron chi connectivity index (χ0n) is 15.1. The van der Waals surface area contributed by atoms with Crippen molar-refractivity contribution in [2.24, 2.45) is 19.2 Å². The van der Waals surface area contributed by atoms with Crippen molar-refractivity contribution in [3.8, 4) is 5.75 Å². The van der Waals surface area contributed by atoms with E-state index in [4.69, 9.17) is 0 Å². The van der Waals surface area contributed by atoms with Crippen LogP contribution in [0.2, 0.25) is 0 Å². The van der Waals surface area contributed by atoms with Gasteiger partial charge in [0.15, 0.2) is 11.2 Å². The van der Waals surface area contributed by atoms with Crippen LogP contribution in [0.1, 0.15) is 18.9 Å². The average Bonchev–Trinajstić information content (AvgIpc) is 3.00. The number of hydrazone groups is 1. The molecule has 9 nitrogen and oxygen atoms in total. The number of aromatic hydroxyl groups is 1. The summed E-state index contributed by atoms with van der Waals surface area (Å²) in [5, 5.41) is 14.0. The van der Waals surface area contributed by atoms with E-state index in [0.29, 0.717) is 29.2 Å². The second-order valence-corrected chi connectivity index (χ2v) is 6.95. The number of halogens is 1. The van der Waals surface area contributed by atoms with Crippen molar-refractivity contribution in [1.29, 1.82) is 0 Å². The van der Waals surface area contributed by atoms with Gasteiger partial charge in [0.25, 0.3) is 5.56 Å². The molecule has 0 aliphatic rings. The van der Waals surface area contributed by atoms with Crippen LogP contribution in [0.25, 0.3) is 11.2 Å². The van der Waals surface area contributed by atoms with E-state index in [1.54, 1.807) is 29.8 Å². The maximum absolute atomic E-state index is 12.6. The van der Waals surface area contributed by atoms with Gasteiger partial charge < -0.3 is 9.67 Å². The van der Waals surface area contributed by atoms with Gasteiger partial charge >= 0.3 is 5.69 Å². The first-order valence-corrected chi connectivity index (χ1v) is 9.08. The zero-order valence-corrected chi connectivity index (χ0v) is 16.7. The lowest BCUT2D eigenvalue weighted by molar-refractivity contribution is 0.474. The lowest BCUT2D eigenvalue weighted by atomic mass is 10.2. The van der Waals surface area contributed by atoms with Gasteiger partial charge in [0.1, 0.15) is 5.75 Å². The van der Waals surface area contributed by atoms with Gasteiger partial charge in [0.05, 0.1) is 6.21 Å². The minimum atomic E-state index is -0.442. The molecular weight excluding hydrogens is 416 g/mol. The highest BCUT2D eigenvalue weighted by atomic mass is 79.9. The van der Waals surface area contributed by atoms with E-state index in [0.717, 1.165) is 15.5 Å². The number of aromatic nitrogens is 4. The van der Waals surface area contributed by atoms with Crippen molar-refractivity contribution >= 4 is 39.3 Å². The molecule has 0 fully saturated rings. The number of aryl methyl sites for hydroxylation is 2. The molecule has 0 amide bonds. The molecule has 0 unspecified atom stereocenters. The summed E-state index contributed by atoms with van der Waals surface area (Å²) in [6.07, 6.45) is 2.22. The Labute approximate surface area is 162 Å². The third-order valence-electron chi connectivity index (χ3n) is 4.15. The Morgan fingerprint density at radius 3 is 2.74 bits per heavy atom. The summed E-state index contributed by atoms with van der Waals surface area (Å²) in [6.45, 7) is 2.51. The molecule has 27 heavy (non-hydrogen) atoms. The van der Waals surface area contributed by atoms with Crippen LogP contribution in [0.5, 0.6) is 5.75 Å². The first-order chi connectivity index (χ1) is 12.8. The highest BCUT2D eigenvalue weighted by Gasteiger charge is 2.18. The van der Waals surface area contributed by atoms with Crippen molar-refractivity contribution < 1.29 is 5.11 Å². The number of nitrogens with one attached hydrogen (secondary N) is 1. The Balaban J connectivity index is 2.08. The van der Waals surface area contributed by atoms with Crippen molar-refractivity contribution in [1.82, 2.24) is 18.7 Å². The van der Waals surface area contributed by atoms with E-state index in [1.165, 1.54) is 17.8 Å². The molecule has 0 saturated heterocycles. The van der Waals surface area contributed by atoms with Crippen LogP contribution in [0.15, 0.2) is 37.4 Å². The smallest absolute Gasteiger partial charge is 0.332 e. The number of anilines is 1. The molecule has 2 N–H and O–H groups in total. The highest BCUT2D eigenvalue weighted by molar-refractivity contribution is 9.10. The van der Waals surface area contributed by atoms with Crippen LogP contribution in [-0.4, -0.2) is 30.0 Å². The third-order valence-corrected chi connectivity index (χ3v) is 4.65. The number of nitrogens with zero attached hydrogens (tertiary/aromatic N) is 5. The predicted octanol–water partition coefficient (Wildman–Crippen LogP) is 1.76. The van der Waals surface area contributed by atoms with E-state index in [1.807, 2.05) is 6.92 Å². The molecule has 0 aliphatic heterocycles. The summed E-state index contributed by atoms with van der Waals surface area (Å²) in [6, 6.07) is 4.99. The van der Waals surface area contributed by atoms with E-state index in [9.17, 15) is 14.7 Å². The fraction of sp³-hybridized carbons (Fsp3) is 0.294. The summed E-state index contributed by atoms with van der Waals surface area (Å²) in [5.74, 6) is 0.429. The molecule has 10 heteroatoms. The second kappa shape index (κ2) is 7.39. The molecule has 0 radical (unpaired) electrons. The Hall–Kier alpha value is -2.88. The minimum Gasteiger partial charge on any atom is -0.507 e. The lowest BCUT2D eigenvalue weighted by Crippen LogP contribution is -2.37. The fourth-order valence-electron chi connectivity index (χ4n) is 2.76. The van der Waals surface area contributed by atoms with Gasteiger partial charge in [0, 0.05) is 30.7 Å². The quantitative estimate of drug-likeness (QED) is 0.469. The number of hydrogen-bond donors (Lipinski definition) is 2. The molecule has 2 aromatic heterocycles. The van der Waals surface area contributed by atoms with Gasteiger partial charge in [-0.15, -0.1) is 0 Å². The standard InChI is InChI=1S/C17H19BrN6O3/c1-4-7-24-13-14(22(2)17(27)23(3)15(13)26)20-16(24)21-19-9-10-8-11(18)5-6-12(10)25/h5-6,8-9,25H,4,7H2,1-3H3,(H,20,21)/b19-9+.